The molecular weight excluding hydrogens is 260 g/mol. The van der Waals surface area contributed by atoms with Gasteiger partial charge in [-0.3, -0.25) is 0 Å². The van der Waals surface area contributed by atoms with E-state index in [1.807, 2.05) is 35.1 Å². The molecule has 4 nitrogen and oxygen atoms in total. The van der Waals surface area contributed by atoms with Crippen molar-refractivity contribution in [1.82, 2.24) is 9.78 Å². The second-order valence-electron chi connectivity index (χ2n) is 4.68. The van der Waals surface area contributed by atoms with Gasteiger partial charge in [0, 0.05) is 13.1 Å². The predicted molar refractivity (Wildman–Crippen MR) is 80.2 cm³/mol. The summed E-state index contributed by atoms with van der Waals surface area (Å²) >= 11 is 6.25. The van der Waals surface area contributed by atoms with E-state index >= 15 is 0 Å². The maximum atomic E-state index is 6.25. The smallest absolute Gasteiger partial charge is 0.0835 e. The van der Waals surface area contributed by atoms with Crippen LogP contribution < -0.4 is 11.1 Å². The van der Waals surface area contributed by atoms with Crippen LogP contribution in [0, 0.1) is 0 Å². The van der Waals surface area contributed by atoms with Crippen LogP contribution in [0.25, 0.3) is 5.69 Å². The molecule has 0 aliphatic carbocycles. The summed E-state index contributed by atoms with van der Waals surface area (Å²) in [7, 11) is 0. The van der Waals surface area contributed by atoms with E-state index in [2.05, 4.69) is 24.3 Å². The van der Waals surface area contributed by atoms with Gasteiger partial charge < -0.3 is 11.1 Å². The topological polar surface area (TPSA) is 55.9 Å². The number of nitrogens with two attached hydrogens (primary N) is 1. The number of rotatable bonds is 5. The summed E-state index contributed by atoms with van der Waals surface area (Å²) in [6.45, 7) is 5.60. The molecule has 2 aromatic rings. The lowest BCUT2D eigenvalue weighted by Gasteiger charge is -2.14. The first-order chi connectivity index (χ1) is 9.15. The highest BCUT2D eigenvalue weighted by molar-refractivity contribution is 6.32. The Labute approximate surface area is 118 Å². The van der Waals surface area contributed by atoms with Gasteiger partial charge in [0.1, 0.15) is 0 Å². The van der Waals surface area contributed by atoms with Gasteiger partial charge in [-0.2, -0.15) is 5.10 Å². The molecule has 102 valence electrons. The number of para-hydroxylation sites is 1. The molecule has 2 rings (SSSR count). The molecule has 1 aromatic heterocycles. The van der Waals surface area contributed by atoms with Crippen molar-refractivity contribution in [3.63, 3.8) is 0 Å². The third-order valence-electron chi connectivity index (χ3n) is 2.89. The van der Waals surface area contributed by atoms with E-state index in [-0.39, 0.29) is 0 Å². The van der Waals surface area contributed by atoms with Crippen molar-refractivity contribution >= 4 is 17.3 Å². The van der Waals surface area contributed by atoms with Crippen LogP contribution >= 0.6 is 11.6 Å². The second kappa shape index (κ2) is 6.08. The molecule has 0 unspecified atom stereocenters. The summed E-state index contributed by atoms with van der Waals surface area (Å²) in [5.41, 5.74) is 8.56. The van der Waals surface area contributed by atoms with Crippen molar-refractivity contribution in [2.24, 2.45) is 5.73 Å². The monoisotopic (exact) mass is 278 g/mol. The molecule has 0 amide bonds. The number of nitrogens with one attached hydrogen (secondary N) is 1. The minimum absolute atomic E-state index is 0.332. The maximum absolute atomic E-state index is 6.25. The Morgan fingerprint density at radius 1 is 1.37 bits per heavy atom. The van der Waals surface area contributed by atoms with Crippen LogP contribution in [0.2, 0.25) is 5.02 Å². The number of hydrogen-bond donors (Lipinski definition) is 2. The summed E-state index contributed by atoms with van der Waals surface area (Å²) in [6.07, 6.45) is 1.83. The molecule has 0 aliphatic rings. The van der Waals surface area contributed by atoms with Crippen LogP contribution in [0.5, 0.6) is 0 Å². The third-order valence-corrected chi connectivity index (χ3v) is 3.21. The zero-order chi connectivity index (χ0) is 13.8. The van der Waals surface area contributed by atoms with Gasteiger partial charge in [-0.25, -0.2) is 4.68 Å². The zero-order valence-corrected chi connectivity index (χ0v) is 12.0. The number of benzene rings is 1. The number of halogens is 1. The van der Waals surface area contributed by atoms with E-state index in [1.54, 1.807) is 0 Å². The first-order valence-corrected chi connectivity index (χ1v) is 6.79. The highest BCUT2D eigenvalue weighted by Crippen LogP contribution is 2.29. The van der Waals surface area contributed by atoms with Gasteiger partial charge in [0.05, 0.1) is 28.3 Å². The van der Waals surface area contributed by atoms with Crippen LogP contribution in [0.4, 0.5) is 5.69 Å². The molecule has 0 atom stereocenters. The number of hydrogen-bond acceptors (Lipinski definition) is 3. The fraction of sp³-hybridized carbons (Fsp3) is 0.357. The van der Waals surface area contributed by atoms with Gasteiger partial charge in [-0.15, -0.1) is 0 Å². The molecular formula is C14H19ClN4. The first-order valence-electron chi connectivity index (χ1n) is 6.42. The Morgan fingerprint density at radius 3 is 2.74 bits per heavy atom. The quantitative estimate of drug-likeness (QED) is 0.884. The van der Waals surface area contributed by atoms with Crippen LogP contribution in [-0.4, -0.2) is 22.9 Å². The largest absolute Gasteiger partial charge is 0.381 e. The number of aromatic nitrogens is 2. The minimum atomic E-state index is 0.332. The Bertz CT molecular complexity index is 548. The van der Waals surface area contributed by atoms with Crippen molar-refractivity contribution in [2.45, 2.75) is 19.8 Å². The van der Waals surface area contributed by atoms with Crippen LogP contribution in [0.15, 0.2) is 30.5 Å². The van der Waals surface area contributed by atoms with E-state index in [9.17, 15) is 0 Å². The van der Waals surface area contributed by atoms with Gasteiger partial charge in [0.2, 0.25) is 0 Å². The molecule has 0 aliphatic heterocycles. The van der Waals surface area contributed by atoms with E-state index in [0.29, 0.717) is 17.5 Å². The van der Waals surface area contributed by atoms with Crippen molar-refractivity contribution in [1.29, 1.82) is 0 Å². The zero-order valence-electron chi connectivity index (χ0n) is 11.2. The Hall–Kier alpha value is -1.52. The van der Waals surface area contributed by atoms with E-state index in [4.69, 9.17) is 17.3 Å². The van der Waals surface area contributed by atoms with E-state index < -0.39 is 0 Å². The van der Waals surface area contributed by atoms with Gasteiger partial charge in [0.15, 0.2) is 0 Å². The fourth-order valence-electron chi connectivity index (χ4n) is 2.07. The summed E-state index contributed by atoms with van der Waals surface area (Å²) in [5, 5.41) is 8.45. The molecule has 0 spiro atoms. The lowest BCUT2D eigenvalue weighted by molar-refractivity contribution is 0.735. The third kappa shape index (κ3) is 2.91. The number of anilines is 1. The molecule has 1 heterocycles. The predicted octanol–water partition coefficient (Wildman–Crippen LogP) is 3.02. The standard InChI is InChI=1S/C14H19ClN4/c1-10(2)14-12(17-8-7-16)9-18-19(14)13-6-4-3-5-11(13)15/h3-6,9-10,17H,7-8,16H2,1-2H3. The minimum Gasteiger partial charge on any atom is -0.381 e. The second-order valence-corrected chi connectivity index (χ2v) is 5.08. The Morgan fingerprint density at radius 2 is 2.11 bits per heavy atom. The molecule has 0 radical (unpaired) electrons. The van der Waals surface area contributed by atoms with Crippen molar-refractivity contribution in [3.8, 4) is 5.69 Å². The highest BCUT2D eigenvalue weighted by atomic mass is 35.5. The van der Waals surface area contributed by atoms with E-state index in [1.165, 1.54) is 0 Å². The first kappa shape index (κ1) is 13.9. The van der Waals surface area contributed by atoms with Crippen molar-refractivity contribution in [3.05, 3.63) is 41.2 Å². The lowest BCUT2D eigenvalue weighted by atomic mass is 10.1. The van der Waals surface area contributed by atoms with Crippen molar-refractivity contribution < 1.29 is 0 Å². The van der Waals surface area contributed by atoms with Crippen molar-refractivity contribution in [2.75, 3.05) is 18.4 Å². The van der Waals surface area contributed by atoms with Gasteiger partial charge in [0.25, 0.3) is 0 Å². The van der Waals surface area contributed by atoms with Gasteiger partial charge in [-0.1, -0.05) is 37.6 Å². The average molecular weight is 279 g/mol. The summed E-state index contributed by atoms with van der Waals surface area (Å²) in [5.74, 6) is 0.332. The van der Waals surface area contributed by atoms with Crippen LogP contribution in [-0.2, 0) is 0 Å². The molecule has 3 N–H and O–H groups in total. The number of nitrogens with zero attached hydrogens (tertiary/aromatic N) is 2. The van der Waals surface area contributed by atoms with Crippen LogP contribution in [0.3, 0.4) is 0 Å². The Balaban J connectivity index is 2.46. The maximum Gasteiger partial charge on any atom is 0.0835 e. The fourth-order valence-corrected chi connectivity index (χ4v) is 2.29. The van der Waals surface area contributed by atoms with Gasteiger partial charge >= 0.3 is 0 Å². The molecule has 5 heteroatoms. The average Bonchev–Trinajstić information content (AvgIpc) is 2.80. The molecule has 0 saturated heterocycles. The summed E-state index contributed by atoms with van der Waals surface area (Å²) in [4.78, 5) is 0. The normalized spacial score (nSPS) is 11.0. The molecule has 19 heavy (non-hydrogen) atoms. The lowest BCUT2D eigenvalue weighted by Crippen LogP contribution is -2.14. The molecule has 0 bridgehead atoms. The summed E-state index contributed by atoms with van der Waals surface area (Å²) < 4.78 is 1.89. The SMILES string of the molecule is CC(C)c1c(NCCN)cnn1-c1ccccc1Cl. The summed E-state index contributed by atoms with van der Waals surface area (Å²) in [6, 6.07) is 7.71. The molecule has 0 fully saturated rings. The Kier molecular flexibility index (Phi) is 4.45. The van der Waals surface area contributed by atoms with Gasteiger partial charge in [-0.05, 0) is 18.1 Å². The highest BCUT2D eigenvalue weighted by Gasteiger charge is 2.16. The molecule has 0 saturated carbocycles. The van der Waals surface area contributed by atoms with Crippen LogP contribution in [0.1, 0.15) is 25.5 Å². The van der Waals surface area contributed by atoms with E-state index in [0.717, 1.165) is 23.6 Å². The molecule has 1 aromatic carbocycles.